The van der Waals surface area contributed by atoms with Crippen LogP contribution in [0.15, 0.2) is 33.8 Å². The van der Waals surface area contributed by atoms with Crippen molar-refractivity contribution in [2.75, 3.05) is 5.32 Å². The van der Waals surface area contributed by atoms with Crippen LogP contribution in [0.3, 0.4) is 0 Å². The first-order chi connectivity index (χ1) is 8.61. The number of nitrogens with zero attached hydrogens (tertiary/aromatic N) is 2. The first-order valence-electron chi connectivity index (χ1n) is 4.81. The molecule has 18 heavy (non-hydrogen) atoms. The lowest BCUT2D eigenvalue weighted by molar-refractivity contribution is 0.102. The molecular formula is C11H7N3O3S. The molecule has 0 bridgehead atoms. The van der Waals surface area contributed by atoms with E-state index in [4.69, 9.17) is 9.68 Å². The number of oxazole rings is 1. The SMILES string of the molecule is N#Cc1nc(NC(=O)c2ccccc2O)oc1S. The maximum absolute atomic E-state index is 11.8. The summed E-state index contributed by atoms with van der Waals surface area (Å²) in [5.41, 5.74) is 0.0563. The van der Waals surface area contributed by atoms with Gasteiger partial charge in [-0.2, -0.15) is 10.2 Å². The molecule has 0 spiro atoms. The van der Waals surface area contributed by atoms with E-state index < -0.39 is 5.91 Å². The van der Waals surface area contributed by atoms with Crippen molar-refractivity contribution in [1.29, 1.82) is 5.26 Å². The summed E-state index contributed by atoms with van der Waals surface area (Å²) in [7, 11) is 0. The predicted molar refractivity (Wildman–Crippen MR) is 64.5 cm³/mol. The van der Waals surface area contributed by atoms with E-state index in [1.165, 1.54) is 12.1 Å². The second kappa shape index (κ2) is 4.81. The number of aromatic hydroxyl groups is 1. The Bertz CT molecular complexity index is 645. The molecule has 7 heteroatoms. The van der Waals surface area contributed by atoms with E-state index in [9.17, 15) is 9.90 Å². The average Bonchev–Trinajstić information content (AvgIpc) is 2.69. The molecule has 1 aromatic carbocycles. The van der Waals surface area contributed by atoms with Gasteiger partial charge in [-0.3, -0.25) is 10.1 Å². The molecule has 0 atom stereocenters. The molecule has 0 fully saturated rings. The topological polar surface area (TPSA) is 99.2 Å². The highest BCUT2D eigenvalue weighted by Gasteiger charge is 2.15. The van der Waals surface area contributed by atoms with Crippen molar-refractivity contribution < 1.29 is 14.3 Å². The van der Waals surface area contributed by atoms with Gasteiger partial charge < -0.3 is 9.52 Å². The van der Waals surface area contributed by atoms with E-state index in [1.54, 1.807) is 18.2 Å². The van der Waals surface area contributed by atoms with E-state index in [0.717, 1.165) is 0 Å². The Morgan fingerprint density at radius 3 is 2.83 bits per heavy atom. The Labute approximate surface area is 107 Å². The fraction of sp³-hybridized carbons (Fsp3) is 0. The second-order valence-corrected chi connectivity index (χ2v) is 3.66. The lowest BCUT2D eigenvalue weighted by Gasteiger charge is -2.02. The lowest BCUT2D eigenvalue weighted by Crippen LogP contribution is -2.12. The zero-order valence-corrected chi connectivity index (χ0v) is 9.81. The molecule has 1 aromatic heterocycles. The van der Waals surface area contributed by atoms with Crippen LogP contribution in [-0.4, -0.2) is 16.0 Å². The fourth-order valence-corrected chi connectivity index (χ4v) is 1.45. The van der Waals surface area contributed by atoms with E-state index in [2.05, 4.69) is 22.9 Å². The molecule has 6 nitrogen and oxygen atoms in total. The van der Waals surface area contributed by atoms with Crippen LogP contribution in [0.1, 0.15) is 16.1 Å². The minimum atomic E-state index is -0.591. The van der Waals surface area contributed by atoms with Crippen molar-refractivity contribution in [1.82, 2.24) is 4.98 Å². The lowest BCUT2D eigenvalue weighted by atomic mass is 10.2. The normalized spacial score (nSPS) is 9.78. The third-order valence-corrected chi connectivity index (χ3v) is 2.39. The molecule has 0 aliphatic carbocycles. The molecular weight excluding hydrogens is 254 g/mol. The van der Waals surface area contributed by atoms with Crippen molar-refractivity contribution >= 4 is 24.6 Å². The van der Waals surface area contributed by atoms with Crippen LogP contribution >= 0.6 is 12.6 Å². The van der Waals surface area contributed by atoms with Crippen molar-refractivity contribution in [2.45, 2.75) is 5.09 Å². The molecule has 0 aliphatic heterocycles. The number of nitriles is 1. The van der Waals surface area contributed by atoms with Gasteiger partial charge in [-0.05, 0) is 12.1 Å². The van der Waals surface area contributed by atoms with Gasteiger partial charge in [0.05, 0.1) is 5.56 Å². The number of benzene rings is 1. The monoisotopic (exact) mass is 261 g/mol. The van der Waals surface area contributed by atoms with Crippen LogP contribution < -0.4 is 5.32 Å². The number of aromatic nitrogens is 1. The molecule has 2 rings (SSSR count). The fourth-order valence-electron chi connectivity index (χ4n) is 1.27. The van der Waals surface area contributed by atoms with E-state index >= 15 is 0 Å². The Morgan fingerprint density at radius 2 is 2.22 bits per heavy atom. The predicted octanol–water partition coefficient (Wildman–Crippen LogP) is 1.79. The minimum Gasteiger partial charge on any atom is -0.507 e. The first kappa shape index (κ1) is 12.0. The van der Waals surface area contributed by atoms with Gasteiger partial charge in [0.1, 0.15) is 11.8 Å². The van der Waals surface area contributed by atoms with Crippen LogP contribution in [0.25, 0.3) is 0 Å². The summed E-state index contributed by atoms with van der Waals surface area (Å²) in [6.07, 6.45) is 0. The van der Waals surface area contributed by atoms with Crippen molar-refractivity contribution in [3.63, 3.8) is 0 Å². The molecule has 1 heterocycles. The maximum Gasteiger partial charge on any atom is 0.304 e. The second-order valence-electron chi connectivity index (χ2n) is 3.26. The highest BCUT2D eigenvalue weighted by molar-refractivity contribution is 7.80. The largest absolute Gasteiger partial charge is 0.507 e. The summed E-state index contributed by atoms with van der Waals surface area (Å²) in [6.45, 7) is 0. The van der Waals surface area contributed by atoms with E-state index in [-0.39, 0.29) is 28.1 Å². The summed E-state index contributed by atoms with van der Waals surface area (Å²) in [4.78, 5) is 15.5. The van der Waals surface area contributed by atoms with E-state index in [1.807, 2.05) is 0 Å². The zero-order valence-electron chi connectivity index (χ0n) is 8.91. The molecule has 2 N–H and O–H groups in total. The summed E-state index contributed by atoms with van der Waals surface area (Å²) >= 11 is 3.88. The van der Waals surface area contributed by atoms with Crippen LogP contribution in [0.2, 0.25) is 0 Å². The Kier molecular flexibility index (Phi) is 3.21. The summed E-state index contributed by atoms with van der Waals surface area (Å²) in [5.74, 6) is -0.750. The number of rotatable bonds is 2. The summed E-state index contributed by atoms with van der Waals surface area (Å²) in [6, 6.07) is 7.64. The van der Waals surface area contributed by atoms with Gasteiger partial charge in [0.2, 0.25) is 0 Å². The van der Waals surface area contributed by atoms with Gasteiger partial charge in [0, 0.05) is 0 Å². The molecule has 90 valence electrons. The number of carbonyl (C=O) groups is 1. The van der Waals surface area contributed by atoms with Crippen LogP contribution in [0.5, 0.6) is 5.75 Å². The number of thiol groups is 1. The number of anilines is 1. The number of phenolic OH excluding ortho intramolecular Hbond substituents is 1. The molecule has 0 aliphatic rings. The van der Waals surface area contributed by atoms with Gasteiger partial charge in [-0.25, -0.2) is 0 Å². The number of nitrogens with one attached hydrogen (secondary N) is 1. The molecule has 2 aromatic rings. The number of phenols is 1. The Morgan fingerprint density at radius 1 is 1.50 bits per heavy atom. The third kappa shape index (κ3) is 2.28. The summed E-state index contributed by atoms with van der Waals surface area (Å²) in [5, 5.41) is 20.5. The molecule has 0 radical (unpaired) electrons. The number of carbonyl (C=O) groups excluding carboxylic acids is 1. The van der Waals surface area contributed by atoms with Crippen LogP contribution in [0.4, 0.5) is 6.01 Å². The van der Waals surface area contributed by atoms with Crippen LogP contribution in [0, 0.1) is 11.3 Å². The molecule has 0 unspecified atom stereocenters. The highest BCUT2D eigenvalue weighted by Crippen LogP contribution is 2.20. The van der Waals surface area contributed by atoms with E-state index in [0.29, 0.717) is 0 Å². The minimum absolute atomic E-state index is 0.0186. The van der Waals surface area contributed by atoms with Crippen LogP contribution in [-0.2, 0) is 0 Å². The standard InChI is InChI=1S/C11H7N3O3S/c12-5-7-10(18)17-11(13-7)14-9(16)6-3-1-2-4-8(6)15/h1-4,15,18H,(H,13,14,16). The van der Waals surface area contributed by atoms with Gasteiger partial charge in [0.15, 0.2) is 10.8 Å². The molecule has 0 saturated carbocycles. The van der Waals surface area contributed by atoms with Crippen molar-refractivity contribution in [2.24, 2.45) is 0 Å². The quantitative estimate of drug-likeness (QED) is 0.716. The Balaban J connectivity index is 2.22. The summed E-state index contributed by atoms with van der Waals surface area (Å²) < 4.78 is 4.95. The van der Waals surface area contributed by atoms with Gasteiger partial charge in [0.25, 0.3) is 5.91 Å². The number of para-hydroxylation sites is 1. The maximum atomic E-state index is 11.8. The van der Waals surface area contributed by atoms with Crippen molar-refractivity contribution in [3.8, 4) is 11.8 Å². The smallest absolute Gasteiger partial charge is 0.304 e. The van der Waals surface area contributed by atoms with Gasteiger partial charge >= 0.3 is 6.01 Å². The van der Waals surface area contributed by atoms with Crippen molar-refractivity contribution in [3.05, 3.63) is 35.5 Å². The molecule has 1 amide bonds. The van der Waals surface area contributed by atoms with Gasteiger partial charge in [-0.1, -0.05) is 12.1 Å². The van der Waals surface area contributed by atoms with Gasteiger partial charge in [-0.15, -0.1) is 12.6 Å². The molecule has 0 saturated heterocycles. The number of hydrogen-bond acceptors (Lipinski definition) is 6. The first-order valence-corrected chi connectivity index (χ1v) is 5.25. The highest BCUT2D eigenvalue weighted by atomic mass is 32.1. The Hall–Kier alpha value is -2.46. The number of hydrogen-bond donors (Lipinski definition) is 3. The average molecular weight is 261 g/mol. The zero-order chi connectivity index (χ0) is 13.1. The number of amides is 1. The third-order valence-electron chi connectivity index (χ3n) is 2.08.